The molecule has 0 spiro atoms. The predicted molar refractivity (Wildman–Crippen MR) is 131 cm³/mol. The summed E-state index contributed by atoms with van der Waals surface area (Å²) < 4.78 is 27.5. The number of nitrogens with one attached hydrogen (secondary N) is 1. The van der Waals surface area contributed by atoms with Crippen molar-refractivity contribution in [3.8, 4) is 0 Å². The highest BCUT2D eigenvalue weighted by molar-refractivity contribution is 7.92. The smallest absolute Gasteiger partial charge is 0.264 e. The topological polar surface area (TPSA) is 66.5 Å². The molecule has 3 aromatic carbocycles. The van der Waals surface area contributed by atoms with Gasteiger partial charge in [0, 0.05) is 18.3 Å². The number of sulfonamides is 1. The summed E-state index contributed by atoms with van der Waals surface area (Å²) in [6.45, 7) is 8.34. The number of para-hydroxylation sites is 2. The lowest BCUT2D eigenvalue weighted by atomic mass is 9.92. The highest BCUT2D eigenvalue weighted by Crippen LogP contribution is 2.33. The van der Waals surface area contributed by atoms with Crippen molar-refractivity contribution >= 4 is 27.3 Å². The van der Waals surface area contributed by atoms with E-state index < -0.39 is 10.0 Å². The molecule has 1 amide bonds. The number of hydrogen-bond donors (Lipinski definition) is 1. The van der Waals surface area contributed by atoms with Crippen LogP contribution in [0.25, 0.3) is 0 Å². The third-order valence-electron chi connectivity index (χ3n) is 5.49. The molecule has 5 nitrogen and oxygen atoms in total. The first-order valence-corrected chi connectivity index (χ1v) is 12.1. The fourth-order valence-corrected chi connectivity index (χ4v) is 4.86. The maximum Gasteiger partial charge on any atom is 0.264 e. The van der Waals surface area contributed by atoms with Gasteiger partial charge in [0.2, 0.25) is 0 Å². The van der Waals surface area contributed by atoms with Crippen LogP contribution in [0.1, 0.15) is 61.0 Å². The van der Waals surface area contributed by atoms with E-state index in [0.717, 1.165) is 16.8 Å². The zero-order chi connectivity index (χ0) is 23.5. The lowest BCUT2D eigenvalue weighted by Gasteiger charge is -2.21. The van der Waals surface area contributed by atoms with Gasteiger partial charge in [0.15, 0.2) is 0 Å². The molecule has 1 N–H and O–H groups in total. The summed E-state index contributed by atoms with van der Waals surface area (Å²) in [7, 11) is -2.31. The third kappa shape index (κ3) is 4.86. The highest BCUT2D eigenvalue weighted by atomic mass is 32.2. The lowest BCUT2D eigenvalue weighted by molar-refractivity contribution is 0.102. The van der Waals surface area contributed by atoms with Crippen LogP contribution in [-0.4, -0.2) is 21.4 Å². The molecular weight excluding hydrogens is 420 g/mol. The molecule has 0 unspecified atom stereocenters. The minimum absolute atomic E-state index is 0.0673. The quantitative estimate of drug-likeness (QED) is 0.479. The Kier molecular flexibility index (Phi) is 7.04. The van der Waals surface area contributed by atoms with Gasteiger partial charge < -0.3 is 5.32 Å². The van der Waals surface area contributed by atoms with Gasteiger partial charge in [-0.15, -0.1) is 0 Å². The molecular formula is C26H30N2O3S. The fraction of sp³-hybridized carbons (Fsp3) is 0.269. The van der Waals surface area contributed by atoms with E-state index in [0.29, 0.717) is 11.3 Å². The van der Waals surface area contributed by atoms with Gasteiger partial charge in [-0.05, 0) is 53.3 Å². The van der Waals surface area contributed by atoms with Crippen LogP contribution in [-0.2, 0) is 10.0 Å². The lowest BCUT2D eigenvalue weighted by Crippen LogP contribution is -2.26. The monoisotopic (exact) mass is 450 g/mol. The first kappa shape index (κ1) is 23.5. The van der Waals surface area contributed by atoms with E-state index in [1.807, 2.05) is 24.3 Å². The predicted octanol–water partition coefficient (Wildman–Crippen LogP) is 6.01. The Balaban J connectivity index is 1.95. The van der Waals surface area contributed by atoms with Gasteiger partial charge in [-0.25, -0.2) is 8.42 Å². The van der Waals surface area contributed by atoms with Crippen molar-refractivity contribution in [2.24, 2.45) is 0 Å². The Morgan fingerprint density at radius 3 is 1.94 bits per heavy atom. The molecule has 0 fully saturated rings. The molecule has 0 saturated carbocycles. The highest BCUT2D eigenvalue weighted by Gasteiger charge is 2.23. The van der Waals surface area contributed by atoms with Gasteiger partial charge in [-0.2, -0.15) is 0 Å². The Bertz CT molecular complexity index is 1180. The molecule has 0 aromatic heterocycles. The number of carbonyl (C=O) groups is 1. The van der Waals surface area contributed by atoms with Crippen LogP contribution in [0, 0.1) is 0 Å². The molecule has 0 heterocycles. The van der Waals surface area contributed by atoms with E-state index in [1.165, 1.54) is 23.5 Å². The summed E-state index contributed by atoms with van der Waals surface area (Å²) in [6.07, 6.45) is 0. The summed E-state index contributed by atoms with van der Waals surface area (Å²) in [5.41, 5.74) is 3.75. The molecule has 168 valence electrons. The largest absolute Gasteiger partial charge is 0.321 e. The van der Waals surface area contributed by atoms with Gasteiger partial charge in [0.05, 0.1) is 10.6 Å². The maximum atomic E-state index is 13.2. The average Bonchev–Trinajstić information content (AvgIpc) is 2.79. The zero-order valence-corrected chi connectivity index (χ0v) is 20.0. The van der Waals surface area contributed by atoms with Gasteiger partial charge in [0.25, 0.3) is 15.9 Å². The van der Waals surface area contributed by atoms with E-state index in [2.05, 4.69) is 33.0 Å². The second kappa shape index (κ2) is 9.57. The SMILES string of the molecule is CC(C)c1cccc(C(C)C)c1NC(=O)c1cccc(S(=O)(=O)N(C)c2ccccc2)c1. The van der Waals surface area contributed by atoms with Crippen molar-refractivity contribution in [2.75, 3.05) is 16.7 Å². The van der Waals surface area contributed by atoms with Crippen LogP contribution in [0.2, 0.25) is 0 Å². The summed E-state index contributed by atoms with van der Waals surface area (Å²) in [5, 5.41) is 3.05. The maximum absolute atomic E-state index is 13.2. The number of benzene rings is 3. The summed E-state index contributed by atoms with van der Waals surface area (Å²) in [6, 6.07) is 21.0. The van der Waals surface area contributed by atoms with Crippen LogP contribution in [0.3, 0.4) is 0 Å². The van der Waals surface area contributed by atoms with E-state index in [1.54, 1.807) is 36.4 Å². The number of carbonyl (C=O) groups excluding carboxylic acids is 1. The number of hydrogen-bond acceptors (Lipinski definition) is 3. The van der Waals surface area contributed by atoms with Crippen molar-refractivity contribution in [1.29, 1.82) is 0 Å². The second-order valence-corrected chi connectivity index (χ2v) is 10.4. The van der Waals surface area contributed by atoms with Crippen LogP contribution in [0.5, 0.6) is 0 Å². The third-order valence-corrected chi connectivity index (χ3v) is 7.27. The van der Waals surface area contributed by atoms with E-state index in [9.17, 15) is 13.2 Å². The van der Waals surface area contributed by atoms with Gasteiger partial charge in [-0.1, -0.05) is 70.2 Å². The number of nitrogens with zero attached hydrogens (tertiary/aromatic N) is 1. The van der Waals surface area contributed by atoms with Crippen LogP contribution in [0.15, 0.2) is 77.7 Å². The summed E-state index contributed by atoms with van der Waals surface area (Å²) in [5.74, 6) is 0.130. The molecule has 32 heavy (non-hydrogen) atoms. The number of amides is 1. The molecule has 0 bridgehead atoms. The van der Waals surface area contributed by atoms with Crippen LogP contribution >= 0.6 is 0 Å². The van der Waals surface area contributed by atoms with Gasteiger partial charge in [0.1, 0.15) is 0 Å². The summed E-state index contributed by atoms with van der Waals surface area (Å²) in [4.78, 5) is 13.2. The Morgan fingerprint density at radius 2 is 1.38 bits per heavy atom. The van der Waals surface area contributed by atoms with Crippen molar-refractivity contribution < 1.29 is 13.2 Å². The Labute approximate surface area is 191 Å². The molecule has 3 aromatic rings. The van der Waals surface area contributed by atoms with Gasteiger partial charge in [-0.3, -0.25) is 9.10 Å². The fourth-order valence-electron chi connectivity index (χ4n) is 3.61. The van der Waals surface area contributed by atoms with Crippen molar-refractivity contribution in [3.63, 3.8) is 0 Å². The number of anilines is 2. The van der Waals surface area contributed by atoms with Crippen LogP contribution in [0.4, 0.5) is 11.4 Å². The Hall–Kier alpha value is -3.12. The average molecular weight is 451 g/mol. The van der Waals surface area contributed by atoms with E-state index in [4.69, 9.17) is 0 Å². The minimum atomic E-state index is -3.81. The first-order chi connectivity index (χ1) is 15.1. The van der Waals surface area contributed by atoms with Crippen LogP contribution < -0.4 is 9.62 Å². The molecule has 0 aliphatic carbocycles. The van der Waals surface area contributed by atoms with Gasteiger partial charge >= 0.3 is 0 Å². The molecule has 6 heteroatoms. The zero-order valence-electron chi connectivity index (χ0n) is 19.2. The molecule has 0 atom stereocenters. The second-order valence-electron chi connectivity index (χ2n) is 8.41. The standard InChI is InChI=1S/C26H30N2O3S/c1-18(2)23-15-10-16-24(19(3)4)25(23)27-26(29)20-11-9-14-22(17-20)32(30,31)28(5)21-12-7-6-8-13-21/h6-19H,1-5H3,(H,27,29). The normalized spacial score (nSPS) is 11.6. The molecule has 0 radical (unpaired) electrons. The molecule has 0 aliphatic heterocycles. The van der Waals surface area contributed by atoms with Crippen molar-refractivity contribution in [1.82, 2.24) is 0 Å². The van der Waals surface area contributed by atoms with E-state index >= 15 is 0 Å². The molecule has 0 aliphatic rings. The van der Waals surface area contributed by atoms with Crippen molar-refractivity contribution in [2.45, 2.75) is 44.4 Å². The minimum Gasteiger partial charge on any atom is -0.321 e. The number of rotatable bonds is 7. The molecule has 3 rings (SSSR count). The van der Waals surface area contributed by atoms with Crippen molar-refractivity contribution in [3.05, 3.63) is 89.5 Å². The van der Waals surface area contributed by atoms with E-state index in [-0.39, 0.29) is 22.6 Å². The summed E-state index contributed by atoms with van der Waals surface area (Å²) >= 11 is 0. The molecule has 0 saturated heterocycles. The Morgan fingerprint density at radius 1 is 0.812 bits per heavy atom. The first-order valence-electron chi connectivity index (χ1n) is 10.7.